The van der Waals surface area contributed by atoms with Gasteiger partial charge in [-0.1, -0.05) is 53.5 Å². The maximum atomic E-state index is 13.3. The number of fused-ring (bicyclic) bond motifs is 1. The number of rotatable bonds is 3. The number of amides is 1. The molecular weight excluding hydrogens is 412 g/mol. The summed E-state index contributed by atoms with van der Waals surface area (Å²) in [6, 6.07) is 24.4. The van der Waals surface area contributed by atoms with Crippen LogP contribution in [0.4, 0.5) is 5.69 Å². The highest BCUT2D eigenvalue weighted by Crippen LogP contribution is 2.27. The molecule has 5 aromatic rings. The zero-order chi connectivity index (χ0) is 22.6. The number of carbonyl (C=O) groups is 1. The van der Waals surface area contributed by atoms with Crippen LogP contribution in [0.5, 0.6) is 0 Å². The van der Waals surface area contributed by atoms with Crippen LogP contribution in [0.2, 0.25) is 0 Å². The van der Waals surface area contributed by atoms with Crippen molar-refractivity contribution in [2.75, 3.05) is 5.32 Å². The van der Waals surface area contributed by atoms with Gasteiger partial charge in [0.1, 0.15) is 5.69 Å². The fourth-order valence-electron chi connectivity index (χ4n) is 3.48. The molecule has 2 aromatic carbocycles. The van der Waals surface area contributed by atoms with Gasteiger partial charge in [-0.2, -0.15) is 0 Å². The molecule has 33 heavy (non-hydrogen) atoms. The molecule has 5 rings (SSSR count). The number of nitrogens with zero attached hydrogens (tertiary/aromatic N) is 3. The van der Waals surface area contributed by atoms with Crippen molar-refractivity contribution in [1.82, 2.24) is 15.1 Å². The van der Waals surface area contributed by atoms with E-state index in [0.717, 1.165) is 11.1 Å². The minimum atomic E-state index is -0.277. The number of aromatic nitrogens is 3. The summed E-state index contributed by atoms with van der Waals surface area (Å²) >= 11 is 0. The molecule has 0 saturated carbocycles. The highest BCUT2D eigenvalue weighted by atomic mass is 16.5. The van der Waals surface area contributed by atoms with Crippen LogP contribution < -0.4 is 5.32 Å². The Balaban J connectivity index is 1.47. The molecule has 0 radical (unpaired) electrons. The van der Waals surface area contributed by atoms with Crippen LogP contribution in [0.25, 0.3) is 22.4 Å². The highest BCUT2D eigenvalue weighted by molar-refractivity contribution is 6.13. The molecule has 6 heteroatoms. The monoisotopic (exact) mass is 430 g/mol. The van der Waals surface area contributed by atoms with E-state index in [-0.39, 0.29) is 5.91 Å². The normalized spacial score (nSPS) is 10.5. The number of pyridine rings is 2. The van der Waals surface area contributed by atoms with Gasteiger partial charge in [0.05, 0.1) is 22.3 Å². The second kappa shape index (κ2) is 8.77. The molecule has 0 aliphatic carbocycles. The molecule has 0 saturated heterocycles. The molecule has 0 fully saturated rings. The average molecular weight is 430 g/mol. The van der Waals surface area contributed by atoms with Crippen molar-refractivity contribution in [3.8, 4) is 23.1 Å². The molecule has 1 amide bonds. The number of anilines is 1. The highest BCUT2D eigenvalue weighted by Gasteiger charge is 2.19. The Labute approximate surface area is 190 Å². The predicted molar refractivity (Wildman–Crippen MR) is 127 cm³/mol. The van der Waals surface area contributed by atoms with E-state index in [2.05, 4.69) is 32.3 Å². The summed E-state index contributed by atoms with van der Waals surface area (Å²) in [5.74, 6) is 5.83. The van der Waals surface area contributed by atoms with Crippen LogP contribution >= 0.6 is 0 Å². The third kappa shape index (κ3) is 4.34. The molecule has 0 atom stereocenters. The smallest absolute Gasteiger partial charge is 0.259 e. The van der Waals surface area contributed by atoms with Crippen molar-refractivity contribution >= 4 is 22.7 Å². The molecule has 1 N–H and O–H groups in total. The van der Waals surface area contributed by atoms with E-state index in [0.29, 0.717) is 39.4 Å². The minimum Gasteiger partial charge on any atom is -0.335 e. The summed E-state index contributed by atoms with van der Waals surface area (Å²) in [5.41, 5.74) is 4.99. The largest absolute Gasteiger partial charge is 0.335 e. The third-order valence-electron chi connectivity index (χ3n) is 5.05. The molecular formula is C27H18N4O2. The molecule has 0 aliphatic rings. The Hall–Kier alpha value is -4.76. The number of hydrogen-bond donors (Lipinski definition) is 1. The number of aryl methyl sites for hydroxylation is 1. The number of nitrogens with one attached hydrogen (secondary N) is 1. The average Bonchev–Trinajstić information content (AvgIpc) is 3.24. The minimum absolute atomic E-state index is 0.277. The van der Waals surface area contributed by atoms with Crippen LogP contribution in [-0.4, -0.2) is 21.0 Å². The number of benzene rings is 2. The van der Waals surface area contributed by atoms with Gasteiger partial charge in [-0.25, -0.2) is 9.97 Å². The quantitative estimate of drug-likeness (QED) is 0.396. The van der Waals surface area contributed by atoms with Gasteiger partial charge in [0.2, 0.25) is 0 Å². The van der Waals surface area contributed by atoms with E-state index in [9.17, 15) is 4.79 Å². The first kappa shape index (κ1) is 20.2. The Morgan fingerprint density at radius 2 is 1.79 bits per heavy atom. The molecule has 158 valence electrons. The lowest BCUT2D eigenvalue weighted by atomic mass is 10.0. The Bertz CT molecular complexity index is 1510. The lowest BCUT2D eigenvalue weighted by Crippen LogP contribution is -2.13. The lowest BCUT2D eigenvalue weighted by molar-refractivity contribution is 0.102. The Kier molecular flexibility index (Phi) is 5.36. The summed E-state index contributed by atoms with van der Waals surface area (Å²) in [7, 11) is 0. The maximum absolute atomic E-state index is 13.3. The summed E-state index contributed by atoms with van der Waals surface area (Å²) in [6.07, 6.45) is 1.70. The van der Waals surface area contributed by atoms with Crippen molar-refractivity contribution < 1.29 is 9.32 Å². The molecule has 3 aromatic heterocycles. The summed E-state index contributed by atoms with van der Waals surface area (Å²) in [5, 5.41) is 7.57. The van der Waals surface area contributed by atoms with Crippen molar-refractivity contribution in [3.63, 3.8) is 0 Å². The van der Waals surface area contributed by atoms with Crippen LogP contribution in [0.3, 0.4) is 0 Å². The fraction of sp³-hybridized carbons (Fsp3) is 0.0370. The fourth-order valence-corrected chi connectivity index (χ4v) is 3.48. The molecule has 3 heterocycles. The second-order valence-corrected chi connectivity index (χ2v) is 7.37. The SMILES string of the molecule is Cc1noc2nc(-c3ccccc3)cc(C(=O)Nc3cccc(C#Cc4ccccn4)c3)c12. The zero-order valence-corrected chi connectivity index (χ0v) is 17.7. The van der Waals surface area contributed by atoms with Crippen LogP contribution in [0, 0.1) is 18.8 Å². The summed E-state index contributed by atoms with van der Waals surface area (Å²) in [6.45, 7) is 1.79. The summed E-state index contributed by atoms with van der Waals surface area (Å²) < 4.78 is 5.38. The van der Waals surface area contributed by atoms with E-state index in [1.165, 1.54) is 0 Å². The van der Waals surface area contributed by atoms with Crippen molar-refractivity contribution in [3.05, 3.63) is 108 Å². The topological polar surface area (TPSA) is 80.9 Å². The first-order valence-corrected chi connectivity index (χ1v) is 10.3. The molecule has 0 unspecified atom stereocenters. The first-order valence-electron chi connectivity index (χ1n) is 10.3. The van der Waals surface area contributed by atoms with Gasteiger partial charge >= 0.3 is 0 Å². The van der Waals surface area contributed by atoms with E-state index >= 15 is 0 Å². The van der Waals surface area contributed by atoms with Crippen LogP contribution in [0.15, 0.2) is 89.6 Å². The maximum Gasteiger partial charge on any atom is 0.259 e. The Morgan fingerprint density at radius 1 is 0.939 bits per heavy atom. The van der Waals surface area contributed by atoms with Crippen molar-refractivity contribution in [2.45, 2.75) is 6.92 Å². The van der Waals surface area contributed by atoms with E-state index in [4.69, 9.17) is 4.52 Å². The second-order valence-electron chi connectivity index (χ2n) is 7.37. The van der Waals surface area contributed by atoms with Gasteiger partial charge in [-0.15, -0.1) is 0 Å². The molecule has 6 nitrogen and oxygen atoms in total. The Morgan fingerprint density at radius 3 is 2.61 bits per heavy atom. The molecule has 0 bridgehead atoms. The predicted octanol–water partition coefficient (Wildman–Crippen LogP) is 5.25. The summed E-state index contributed by atoms with van der Waals surface area (Å²) in [4.78, 5) is 22.1. The van der Waals surface area contributed by atoms with E-state index in [1.807, 2.05) is 72.8 Å². The van der Waals surface area contributed by atoms with Crippen LogP contribution in [-0.2, 0) is 0 Å². The van der Waals surface area contributed by atoms with Gasteiger partial charge in [0, 0.05) is 23.0 Å². The van der Waals surface area contributed by atoms with Gasteiger partial charge in [-0.3, -0.25) is 4.79 Å². The van der Waals surface area contributed by atoms with Gasteiger partial charge < -0.3 is 9.84 Å². The number of carbonyl (C=O) groups excluding carboxylic acids is 1. The standard InChI is InChI=1S/C27H18N4O2/c1-18-25-23(17-24(30-27(25)33-31-18)20-9-3-2-4-10-20)26(32)29-22-12-7-8-19(16-22)13-14-21-11-5-6-15-28-21/h2-12,15-17H,1H3,(H,29,32). The van der Waals surface area contributed by atoms with Gasteiger partial charge in [-0.05, 0) is 49.2 Å². The molecule has 0 spiro atoms. The molecule has 0 aliphatic heterocycles. The van der Waals surface area contributed by atoms with E-state index < -0.39 is 0 Å². The van der Waals surface area contributed by atoms with Crippen LogP contribution in [0.1, 0.15) is 27.3 Å². The van der Waals surface area contributed by atoms with Crippen molar-refractivity contribution in [2.24, 2.45) is 0 Å². The van der Waals surface area contributed by atoms with Crippen molar-refractivity contribution in [1.29, 1.82) is 0 Å². The number of hydrogen-bond acceptors (Lipinski definition) is 5. The van der Waals surface area contributed by atoms with E-state index in [1.54, 1.807) is 19.2 Å². The first-order chi connectivity index (χ1) is 16.2. The van der Waals surface area contributed by atoms with Gasteiger partial charge in [0.25, 0.3) is 11.6 Å². The third-order valence-corrected chi connectivity index (χ3v) is 5.05. The van der Waals surface area contributed by atoms with Gasteiger partial charge in [0.15, 0.2) is 0 Å². The lowest BCUT2D eigenvalue weighted by Gasteiger charge is -2.09. The zero-order valence-electron chi connectivity index (χ0n) is 17.7.